The Hall–Kier alpha value is -0.770. The number of benzene rings is 1. The van der Waals surface area contributed by atoms with Gasteiger partial charge in [-0.2, -0.15) is 0 Å². The van der Waals surface area contributed by atoms with Gasteiger partial charge in [-0.05, 0) is 37.7 Å². The number of hydrogen-bond acceptors (Lipinski definition) is 3. The van der Waals surface area contributed by atoms with E-state index < -0.39 is 0 Å². The first-order chi connectivity index (χ1) is 8.56. The summed E-state index contributed by atoms with van der Waals surface area (Å²) >= 11 is 5.87. The fourth-order valence-corrected chi connectivity index (χ4v) is 2.09. The predicted octanol–water partition coefficient (Wildman–Crippen LogP) is 2.87. The zero-order valence-corrected chi connectivity index (χ0v) is 12.2. The molecule has 0 aliphatic heterocycles. The molecule has 0 fully saturated rings. The average Bonchev–Trinajstić information content (AvgIpc) is 2.37. The highest BCUT2D eigenvalue weighted by atomic mass is 35.5. The van der Waals surface area contributed by atoms with Crippen LogP contribution >= 0.6 is 11.6 Å². The van der Waals surface area contributed by atoms with Gasteiger partial charge in [0.15, 0.2) is 0 Å². The van der Waals surface area contributed by atoms with Gasteiger partial charge in [-0.15, -0.1) is 0 Å². The lowest BCUT2D eigenvalue weighted by Crippen LogP contribution is -2.38. The van der Waals surface area contributed by atoms with Crippen LogP contribution < -0.4 is 5.32 Å². The lowest BCUT2D eigenvalue weighted by molar-refractivity contribution is 0.270. The van der Waals surface area contributed by atoms with Crippen molar-refractivity contribution >= 4 is 11.6 Å². The van der Waals surface area contributed by atoms with Crippen molar-refractivity contribution in [3.8, 4) is 5.75 Å². The average molecular weight is 271 g/mol. The molecule has 0 aromatic heterocycles. The summed E-state index contributed by atoms with van der Waals surface area (Å²) in [5.41, 5.74) is 1.09. The van der Waals surface area contributed by atoms with Gasteiger partial charge in [0.2, 0.25) is 0 Å². The highest BCUT2D eigenvalue weighted by molar-refractivity contribution is 6.32. The van der Waals surface area contributed by atoms with Crippen LogP contribution in [0, 0.1) is 0 Å². The highest BCUT2D eigenvalue weighted by Crippen LogP contribution is 2.23. The molecule has 0 aliphatic carbocycles. The van der Waals surface area contributed by atoms with E-state index in [4.69, 9.17) is 11.6 Å². The van der Waals surface area contributed by atoms with Crippen molar-refractivity contribution in [3.05, 3.63) is 28.8 Å². The second-order valence-corrected chi connectivity index (χ2v) is 4.96. The summed E-state index contributed by atoms with van der Waals surface area (Å²) in [5.74, 6) is 0.136. The van der Waals surface area contributed by atoms with Crippen LogP contribution in [0.2, 0.25) is 5.02 Å². The van der Waals surface area contributed by atoms with Gasteiger partial charge in [-0.25, -0.2) is 0 Å². The molecule has 1 rings (SSSR count). The molecule has 1 aromatic rings. The monoisotopic (exact) mass is 270 g/mol. The normalized spacial score (nSPS) is 12.9. The van der Waals surface area contributed by atoms with Crippen molar-refractivity contribution in [2.75, 3.05) is 19.6 Å². The molecule has 0 saturated carbocycles. The predicted molar refractivity (Wildman–Crippen MR) is 77.2 cm³/mol. The molecule has 0 heterocycles. The van der Waals surface area contributed by atoms with Crippen molar-refractivity contribution in [3.63, 3.8) is 0 Å². The Morgan fingerprint density at radius 3 is 2.56 bits per heavy atom. The van der Waals surface area contributed by atoms with Crippen LogP contribution in [-0.2, 0) is 6.54 Å². The maximum Gasteiger partial charge on any atom is 0.134 e. The molecule has 0 saturated heterocycles. The minimum Gasteiger partial charge on any atom is -0.506 e. The Morgan fingerprint density at radius 2 is 2.00 bits per heavy atom. The second kappa shape index (κ2) is 7.62. The van der Waals surface area contributed by atoms with E-state index in [1.807, 2.05) is 6.07 Å². The van der Waals surface area contributed by atoms with E-state index in [2.05, 4.69) is 31.0 Å². The third-order valence-electron chi connectivity index (χ3n) is 3.09. The maximum atomic E-state index is 9.34. The summed E-state index contributed by atoms with van der Waals surface area (Å²) in [6.45, 7) is 10.5. The number of rotatable bonds is 7. The molecule has 1 aromatic carbocycles. The minimum atomic E-state index is 0.136. The number of hydrogen-bond donors (Lipinski definition) is 2. The number of nitrogens with one attached hydrogen (secondary N) is 1. The van der Waals surface area contributed by atoms with E-state index in [0.717, 1.165) is 31.7 Å². The SMILES string of the molecule is CCN(CC)CC(C)NCc1ccc(O)c(Cl)c1. The van der Waals surface area contributed by atoms with Crippen molar-refractivity contribution in [2.24, 2.45) is 0 Å². The molecule has 0 bridgehead atoms. The summed E-state index contributed by atoms with van der Waals surface area (Å²) in [6, 6.07) is 5.75. The summed E-state index contributed by atoms with van der Waals surface area (Å²) in [5, 5.41) is 13.2. The molecule has 0 amide bonds. The first-order valence-electron chi connectivity index (χ1n) is 6.49. The van der Waals surface area contributed by atoms with Crippen LogP contribution in [0.3, 0.4) is 0 Å². The van der Waals surface area contributed by atoms with Gasteiger partial charge in [0.25, 0.3) is 0 Å². The van der Waals surface area contributed by atoms with E-state index in [1.54, 1.807) is 12.1 Å². The summed E-state index contributed by atoms with van der Waals surface area (Å²) < 4.78 is 0. The van der Waals surface area contributed by atoms with E-state index in [9.17, 15) is 5.11 Å². The van der Waals surface area contributed by atoms with Gasteiger partial charge < -0.3 is 15.3 Å². The largest absolute Gasteiger partial charge is 0.506 e. The molecule has 0 radical (unpaired) electrons. The van der Waals surface area contributed by atoms with Crippen molar-refractivity contribution in [1.82, 2.24) is 10.2 Å². The van der Waals surface area contributed by atoms with Crippen molar-refractivity contribution < 1.29 is 5.11 Å². The zero-order chi connectivity index (χ0) is 13.5. The topological polar surface area (TPSA) is 35.5 Å². The molecule has 4 heteroatoms. The first-order valence-corrected chi connectivity index (χ1v) is 6.87. The fourth-order valence-electron chi connectivity index (χ4n) is 1.89. The van der Waals surface area contributed by atoms with E-state index >= 15 is 0 Å². The highest BCUT2D eigenvalue weighted by Gasteiger charge is 2.07. The molecule has 2 N–H and O–H groups in total. The van der Waals surface area contributed by atoms with Gasteiger partial charge in [-0.3, -0.25) is 0 Å². The minimum absolute atomic E-state index is 0.136. The first kappa shape index (κ1) is 15.3. The number of likely N-dealkylation sites (N-methyl/N-ethyl adjacent to an activating group) is 1. The van der Waals surface area contributed by atoms with Crippen LogP contribution in [0.1, 0.15) is 26.3 Å². The van der Waals surface area contributed by atoms with Gasteiger partial charge in [0.05, 0.1) is 5.02 Å². The Balaban J connectivity index is 2.42. The summed E-state index contributed by atoms with van der Waals surface area (Å²) in [7, 11) is 0. The zero-order valence-electron chi connectivity index (χ0n) is 11.4. The molecule has 1 atom stereocenters. The molecule has 0 spiro atoms. The van der Waals surface area contributed by atoms with Gasteiger partial charge in [0, 0.05) is 19.1 Å². The third kappa shape index (κ3) is 4.84. The Kier molecular flexibility index (Phi) is 6.47. The van der Waals surface area contributed by atoms with Gasteiger partial charge >= 0.3 is 0 Å². The van der Waals surface area contributed by atoms with Crippen LogP contribution in [-0.4, -0.2) is 35.7 Å². The third-order valence-corrected chi connectivity index (χ3v) is 3.40. The molecule has 0 aliphatic rings. The Bertz CT molecular complexity index is 367. The van der Waals surface area contributed by atoms with Gasteiger partial charge in [0.1, 0.15) is 5.75 Å². The van der Waals surface area contributed by atoms with Crippen LogP contribution in [0.25, 0.3) is 0 Å². The molecule has 102 valence electrons. The smallest absolute Gasteiger partial charge is 0.134 e. The fraction of sp³-hybridized carbons (Fsp3) is 0.571. The van der Waals surface area contributed by atoms with E-state index in [1.165, 1.54) is 0 Å². The van der Waals surface area contributed by atoms with Crippen molar-refractivity contribution in [2.45, 2.75) is 33.4 Å². The molecular formula is C14H23ClN2O. The quantitative estimate of drug-likeness (QED) is 0.800. The van der Waals surface area contributed by atoms with E-state index in [0.29, 0.717) is 11.1 Å². The van der Waals surface area contributed by atoms with E-state index in [-0.39, 0.29) is 5.75 Å². The van der Waals surface area contributed by atoms with Crippen molar-refractivity contribution in [1.29, 1.82) is 0 Å². The maximum absolute atomic E-state index is 9.34. The Morgan fingerprint density at radius 1 is 1.33 bits per heavy atom. The van der Waals surface area contributed by atoms with Crippen LogP contribution in [0.15, 0.2) is 18.2 Å². The lowest BCUT2D eigenvalue weighted by Gasteiger charge is -2.23. The number of phenols is 1. The van der Waals surface area contributed by atoms with Gasteiger partial charge in [-0.1, -0.05) is 31.5 Å². The number of phenolic OH excluding ortho intramolecular Hbond substituents is 1. The molecule has 18 heavy (non-hydrogen) atoms. The van der Waals surface area contributed by atoms with Crippen LogP contribution in [0.4, 0.5) is 0 Å². The van der Waals surface area contributed by atoms with Crippen LogP contribution in [0.5, 0.6) is 5.75 Å². The molecular weight excluding hydrogens is 248 g/mol. The standard InChI is InChI=1S/C14H23ClN2O/c1-4-17(5-2)10-11(3)16-9-12-6-7-14(18)13(15)8-12/h6-8,11,16,18H,4-5,9-10H2,1-3H3. The molecule has 3 nitrogen and oxygen atoms in total. The Labute approximate surface area is 115 Å². The summed E-state index contributed by atoms with van der Waals surface area (Å²) in [6.07, 6.45) is 0. The number of aromatic hydroxyl groups is 1. The number of halogens is 1. The number of nitrogens with zero attached hydrogens (tertiary/aromatic N) is 1. The molecule has 1 unspecified atom stereocenters. The second-order valence-electron chi connectivity index (χ2n) is 4.55. The lowest BCUT2D eigenvalue weighted by atomic mass is 10.2. The summed E-state index contributed by atoms with van der Waals surface area (Å²) in [4.78, 5) is 2.39.